The zero-order valence-electron chi connectivity index (χ0n) is 10.4. The summed E-state index contributed by atoms with van der Waals surface area (Å²) in [6.07, 6.45) is 4.34. The summed E-state index contributed by atoms with van der Waals surface area (Å²) in [7, 11) is 0. The number of alkyl carbamates (subject to hydrolysis) is 1. The van der Waals surface area contributed by atoms with Crippen molar-refractivity contribution < 1.29 is 9.53 Å². The molecule has 2 N–H and O–H groups in total. The molecule has 1 aliphatic carbocycles. The first kappa shape index (κ1) is 11.7. The predicted octanol–water partition coefficient (Wildman–Crippen LogP) is 1.80. The number of rotatable bonds is 1. The zero-order chi connectivity index (χ0) is 11.8. The molecule has 0 radical (unpaired) electrons. The molecule has 16 heavy (non-hydrogen) atoms. The fraction of sp³-hybridized carbons (Fsp3) is 0.917. The quantitative estimate of drug-likeness (QED) is 0.716. The summed E-state index contributed by atoms with van der Waals surface area (Å²) < 4.78 is 5.28. The Balaban J connectivity index is 1.87. The maximum absolute atomic E-state index is 11.7. The average molecular weight is 226 g/mol. The Morgan fingerprint density at radius 1 is 1.44 bits per heavy atom. The summed E-state index contributed by atoms with van der Waals surface area (Å²) in [5.74, 6) is 0. The second-order valence-electron chi connectivity index (χ2n) is 5.92. The fourth-order valence-electron chi connectivity index (χ4n) is 2.61. The topological polar surface area (TPSA) is 50.4 Å². The molecule has 2 fully saturated rings. The number of hydrogen-bond acceptors (Lipinski definition) is 3. The molecule has 1 spiro atoms. The first-order valence-corrected chi connectivity index (χ1v) is 6.16. The van der Waals surface area contributed by atoms with Gasteiger partial charge in [-0.15, -0.1) is 0 Å². The van der Waals surface area contributed by atoms with Crippen molar-refractivity contribution in [3.63, 3.8) is 0 Å². The highest BCUT2D eigenvalue weighted by Crippen LogP contribution is 2.39. The van der Waals surface area contributed by atoms with E-state index in [1.165, 1.54) is 19.3 Å². The summed E-state index contributed by atoms with van der Waals surface area (Å²) in [6.45, 7) is 6.66. The molecule has 2 rings (SSSR count). The molecule has 1 atom stereocenters. The van der Waals surface area contributed by atoms with E-state index in [0.29, 0.717) is 0 Å². The van der Waals surface area contributed by atoms with Gasteiger partial charge in [0.05, 0.1) is 6.04 Å². The molecule has 1 saturated carbocycles. The minimum atomic E-state index is -0.414. The lowest BCUT2D eigenvalue weighted by Crippen LogP contribution is -2.59. The van der Waals surface area contributed by atoms with Gasteiger partial charge in [-0.25, -0.2) is 4.79 Å². The lowest BCUT2D eigenvalue weighted by molar-refractivity contribution is 0.0452. The lowest BCUT2D eigenvalue weighted by Gasteiger charge is -2.43. The second kappa shape index (κ2) is 3.91. The molecule has 2 aliphatic rings. The van der Waals surface area contributed by atoms with Gasteiger partial charge in [-0.1, -0.05) is 0 Å². The number of ether oxygens (including phenoxy) is 1. The molecule has 1 aliphatic heterocycles. The van der Waals surface area contributed by atoms with Gasteiger partial charge in [0.15, 0.2) is 0 Å². The SMILES string of the molecule is CC(C)(C)OC(=O)NC1CCNC12CCC2. The maximum atomic E-state index is 11.7. The Kier molecular flexibility index (Phi) is 2.86. The van der Waals surface area contributed by atoms with E-state index in [1.54, 1.807) is 0 Å². The highest BCUT2D eigenvalue weighted by molar-refractivity contribution is 5.68. The van der Waals surface area contributed by atoms with Crippen LogP contribution in [0, 0.1) is 0 Å². The van der Waals surface area contributed by atoms with Crippen LogP contribution in [0.5, 0.6) is 0 Å². The Morgan fingerprint density at radius 2 is 2.12 bits per heavy atom. The van der Waals surface area contributed by atoms with Crippen LogP contribution in [0.1, 0.15) is 46.5 Å². The standard InChI is InChI=1S/C12H22N2O2/c1-11(2,3)16-10(15)14-9-5-8-13-12(9)6-4-7-12/h9,13H,4-8H2,1-3H3,(H,14,15). The molecule has 0 bridgehead atoms. The Bertz CT molecular complexity index is 279. The van der Waals surface area contributed by atoms with Gasteiger partial charge in [-0.2, -0.15) is 0 Å². The van der Waals surface area contributed by atoms with Gasteiger partial charge in [0, 0.05) is 5.54 Å². The van der Waals surface area contributed by atoms with Crippen LogP contribution in [0.2, 0.25) is 0 Å². The van der Waals surface area contributed by atoms with Crippen molar-refractivity contribution in [1.29, 1.82) is 0 Å². The van der Waals surface area contributed by atoms with Crippen LogP contribution < -0.4 is 10.6 Å². The Labute approximate surface area is 97.1 Å². The molecule has 0 aromatic heterocycles. The van der Waals surface area contributed by atoms with Crippen LogP contribution >= 0.6 is 0 Å². The minimum absolute atomic E-state index is 0.177. The van der Waals surface area contributed by atoms with Gasteiger partial charge >= 0.3 is 6.09 Å². The van der Waals surface area contributed by atoms with E-state index < -0.39 is 5.60 Å². The molecule has 1 saturated heterocycles. The van der Waals surface area contributed by atoms with E-state index in [4.69, 9.17) is 4.74 Å². The third-order valence-electron chi connectivity index (χ3n) is 3.51. The van der Waals surface area contributed by atoms with Crippen LogP contribution in [-0.4, -0.2) is 29.8 Å². The average Bonchev–Trinajstić information content (AvgIpc) is 2.42. The van der Waals surface area contributed by atoms with E-state index in [2.05, 4.69) is 10.6 Å². The summed E-state index contributed by atoms with van der Waals surface area (Å²) in [5, 5.41) is 6.52. The summed E-state index contributed by atoms with van der Waals surface area (Å²) in [5.41, 5.74) is -0.236. The monoisotopic (exact) mass is 226 g/mol. The molecule has 4 heteroatoms. The molecule has 92 valence electrons. The van der Waals surface area contributed by atoms with Crippen molar-refractivity contribution in [2.45, 2.75) is 63.6 Å². The molecule has 4 nitrogen and oxygen atoms in total. The maximum Gasteiger partial charge on any atom is 0.407 e. The Hall–Kier alpha value is -0.770. The summed E-state index contributed by atoms with van der Waals surface area (Å²) >= 11 is 0. The highest BCUT2D eigenvalue weighted by Gasteiger charge is 2.47. The number of amides is 1. The van der Waals surface area contributed by atoms with Crippen LogP contribution in [0.25, 0.3) is 0 Å². The van der Waals surface area contributed by atoms with E-state index in [-0.39, 0.29) is 17.7 Å². The first-order valence-electron chi connectivity index (χ1n) is 6.16. The van der Waals surface area contributed by atoms with Crippen LogP contribution in [-0.2, 0) is 4.74 Å². The number of nitrogens with one attached hydrogen (secondary N) is 2. The third-order valence-corrected chi connectivity index (χ3v) is 3.51. The predicted molar refractivity (Wildman–Crippen MR) is 62.4 cm³/mol. The normalized spacial score (nSPS) is 27.6. The van der Waals surface area contributed by atoms with E-state index in [0.717, 1.165) is 13.0 Å². The van der Waals surface area contributed by atoms with Crippen molar-refractivity contribution in [2.24, 2.45) is 0 Å². The molecule has 1 amide bonds. The largest absolute Gasteiger partial charge is 0.444 e. The summed E-state index contributed by atoms with van der Waals surface area (Å²) in [4.78, 5) is 11.7. The van der Waals surface area contributed by atoms with E-state index in [9.17, 15) is 4.79 Å². The van der Waals surface area contributed by atoms with Gasteiger partial charge in [0.25, 0.3) is 0 Å². The van der Waals surface area contributed by atoms with Crippen LogP contribution in [0.3, 0.4) is 0 Å². The molecule has 0 aromatic rings. The lowest BCUT2D eigenvalue weighted by atomic mass is 9.73. The molecule has 1 heterocycles. The van der Waals surface area contributed by atoms with Crippen LogP contribution in [0.4, 0.5) is 4.79 Å². The molecular formula is C12H22N2O2. The highest BCUT2D eigenvalue weighted by atomic mass is 16.6. The van der Waals surface area contributed by atoms with Crippen molar-refractivity contribution in [3.05, 3.63) is 0 Å². The first-order chi connectivity index (χ1) is 7.41. The second-order valence-corrected chi connectivity index (χ2v) is 5.92. The molecule has 0 aromatic carbocycles. The van der Waals surface area contributed by atoms with Gasteiger partial charge in [0.2, 0.25) is 0 Å². The van der Waals surface area contributed by atoms with Crippen molar-refractivity contribution in [2.75, 3.05) is 6.54 Å². The number of carbonyl (C=O) groups is 1. The fourth-order valence-corrected chi connectivity index (χ4v) is 2.61. The number of hydrogen-bond donors (Lipinski definition) is 2. The van der Waals surface area contributed by atoms with Gasteiger partial charge in [-0.3, -0.25) is 0 Å². The van der Waals surface area contributed by atoms with Crippen molar-refractivity contribution in [1.82, 2.24) is 10.6 Å². The molecule has 1 unspecified atom stereocenters. The zero-order valence-corrected chi connectivity index (χ0v) is 10.4. The van der Waals surface area contributed by atoms with E-state index in [1.807, 2.05) is 20.8 Å². The van der Waals surface area contributed by atoms with Crippen LogP contribution in [0.15, 0.2) is 0 Å². The molecular weight excluding hydrogens is 204 g/mol. The van der Waals surface area contributed by atoms with Gasteiger partial charge in [0.1, 0.15) is 5.60 Å². The van der Waals surface area contributed by atoms with Crippen molar-refractivity contribution >= 4 is 6.09 Å². The van der Waals surface area contributed by atoms with Crippen molar-refractivity contribution in [3.8, 4) is 0 Å². The van der Waals surface area contributed by atoms with Gasteiger partial charge in [-0.05, 0) is 53.0 Å². The third kappa shape index (κ3) is 2.32. The van der Waals surface area contributed by atoms with E-state index >= 15 is 0 Å². The summed E-state index contributed by atoms with van der Waals surface area (Å²) in [6, 6.07) is 0.246. The van der Waals surface area contributed by atoms with Gasteiger partial charge < -0.3 is 15.4 Å². The minimum Gasteiger partial charge on any atom is -0.444 e. The smallest absolute Gasteiger partial charge is 0.407 e. The Morgan fingerprint density at radius 3 is 2.62 bits per heavy atom. The number of carbonyl (C=O) groups excluding carboxylic acids is 1.